The lowest BCUT2D eigenvalue weighted by atomic mass is 10.00. The van der Waals surface area contributed by atoms with Crippen LogP contribution in [0.5, 0.6) is 0 Å². The minimum absolute atomic E-state index is 0.0665. The molecule has 6 nitrogen and oxygen atoms in total. The lowest BCUT2D eigenvalue weighted by Crippen LogP contribution is -2.30. The lowest BCUT2D eigenvalue weighted by Gasteiger charge is -2.18. The highest BCUT2D eigenvalue weighted by molar-refractivity contribution is 5.71. The molecule has 0 heterocycles. The van der Waals surface area contributed by atoms with Crippen LogP contribution >= 0.6 is 0 Å². The zero-order valence-electron chi connectivity index (χ0n) is 37.7. The smallest absolute Gasteiger partial charge is 0.306 e. The molecule has 0 aromatic heterocycles. The van der Waals surface area contributed by atoms with E-state index in [1.807, 2.05) is 0 Å². The van der Waals surface area contributed by atoms with Crippen LogP contribution in [-0.4, -0.2) is 37.2 Å². The van der Waals surface area contributed by atoms with Gasteiger partial charge in [0, 0.05) is 19.3 Å². The molecule has 0 rings (SSSR count). The van der Waals surface area contributed by atoms with E-state index in [1.165, 1.54) is 141 Å². The number of hydrogen-bond acceptors (Lipinski definition) is 6. The highest BCUT2D eigenvalue weighted by Gasteiger charge is 2.19. The summed E-state index contributed by atoms with van der Waals surface area (Å²) in [5, 5.41) is 0. The summed E-state index contributed by atoms with van der Waals surface area (Å²) in [6, 6.07) is 0. The highest BCUT2D eigenvalue weighted by Crippen LogP contribution is 2.17. The van der Waals surface area contributed by atoms with E-state index >= 15 is 0 Å². The van der Waals surface area contributed by atoms with Crippen molar-refractivity contribution in [1.29, 1.82) is 0 Å². The fourth-order valence-corrected chi connectivity index (χ4v) is 7.20. The number of hydrogen-bond donors (Lipinski definition) is 0. The summed E-state index contributed by atoms with van der Waals surface area (Å²) in [6.07, 6.45) is 38.2. The summed E-state index contributed by atoms with van der Waals surface area (Å²) in [5.74, 6) is 1.57. The van der Waals surface area contributed by atoms with Gasteiger partial charge in [0.15, 0.2) is 6.10 Å². The van der Waals surface area contributed by atoms with Gasteiger partial charge in [0.2, 0.25) is 0 Å². The monoisotopic (exact) mass is 779 g/mol. The van der Waals surface area contributed by atoms with E-state index in [2.05, 4.69) is 41.5 Å². The average molecular weight is 779 g/mol. The molecule has 0 aromatic rings. The molecule has 55 heavy (non-hydrogen) atoms. The number of ether oxygens (including phenoxy) is 3. The Balaban J connectivity index is 4.27. The molecule has 0 aromatic carbocycles. The van der Waals surface area contributed by atoms with Gasteiger partial charge in [-0.15, -0.1) is 0 Å². The molecule has 0 aliphatic rings. The van der Waals surface area contributed by atoms with Crippen molar-refractivity contribution in [2.45, 2.75) is 266 Å². The third kappa shape index (κ3) is 41.9. The Morgan fingerprint density at radius 3 is 0.945 bits per heavy atom. The Kier molecular flexibility index (Phi) is 39.4. The predicted octanol–water partition coefficient (Wildman–Crippen LogP) is 15.2. The van der Waals surface area contributed by atoms with Gasteiger partial charge in [0.1, 0.15) is 13.2 Å². The van der Waals surface area contributed by atoms with E-state index in [-0.39, 0.29) is 31.1 Å². The van der Waals surface area contributed by atoms with Crippen molar-refractivity contribution >= 4 is 17.9 Å². The van der Waals surface area contributed by atoms with Gasteiger partial charge in [-0.1, -0.05) is 221 Å². The van der Waals surface area contributed by atoms with Gasteiger partial charge in [-0.25, -0.2) is 0 Å². The van der Waals surface area contributed by atoms with Gasteiger partial charge in [-0.05, 0) is 37.0 Å². The largest absolute Gasteiger partial charge is 0.462 e. The summed E-state index contributed by atoms with van der Waals surface area (Å²) < 4.78 is 16.7. The van der Waals surface area contributed by atoms with E-state index in [0.29, 0.717) is 19.3 Å². The maximum Gasteiger partial charge on any atom is 0.306 e. The van der Waals surface area contributed by atoms with E-state index in [4.69, 9.17) is 14.2 Å². The van der Waals surface area contributed by atoms with Gasteiger partial charge in [-0.2, -0.15) is 0 Å². The number of rotatable bonds is 42. The molecule has 0 N–H and O–H groups in total. The van der Waals surface area contributed by atoms with Crippen molar-refractivity contribution in [3.8, 4) is 0 Å². The van der Waals surface area contributed by atoms with Crippen LogP contribution in [0, 0.1) is 17.8 Å². The first-order chi connectivity index (χ1) is 26.6. The van der Waals surface area contributed by atoms with Gasteiger partial charge < -0.3 is 14.2 Å². The van der Waals surface area contributed by atoms with E-state index in [0.717, 1.165) is 75.5 Å². The average Bonchev–Trinajstić information content (AvgIpc) is 3.15. The fraction of sp³-hybridized carbons (Fsp3) is 0.939. The molecule has 0 fully saturated rings. The summed E-state index contributed by atoms with van der Waals surface area (Å²) in [6.45, 7) is 13.6. The molecule has 0 bridgehead atoms. The zero-order chi connectivity index (χ0) is 40.6. The molecule has 6 heteroatoms. The second kappa shape index (κ2) is 40.6. The SMILES string of the molecule is CCC(C)CCCCCCCCC(=O)OC[C@H](COC(=O)CCCCCCCCCCCCCCCCC(C)C)OC(=O)CCCCCCCCCC(C)C. The van der Waals surface area contributed by atoms with E-state index in [9.17, 15) is 14.4 Å². The van der Waals surface area contributed by atoms with Gasteiger partial charge in [0.05, 0.1) is 0 Å². The Hall–Kier alpha value is -1.59. The number of esters is 3. The van der Waals surface area contributed by atoms with Crippen molar-refractivity contribution in [2.75, 3.05) is 13.2 Å². The standard InChI is InChI=1S/C49H94O6/c1-7-45(6)37-31-25-21-22-27-33-39-48(51)54-42-46(55-49(52)40-34-28-20-16-18-24-30-36-44(4)5)41-53-47(50)38-32-26-19-15-13-11-9-8-10-12-14-17-23-29-35-43(2)3/h43-46H,7-42H2,1-6H3/t45?,46-/m0/s1. The quantitative estimate of drug-likeness (QED) is 0.0349. The summed E-state index contributed by atoms with van der Waals surface area (Å²) in [5.41, 5.74) is 0. The maximum absolute atomic E-state index is 12.7. The number of carbonyl (C=O) groups excluding carboxylic acids is 3. The number of unbranched alkanes of at least 4 members (excludes halogenated alkanes) is 24. The topological polar surface area (TPSA) is 78.9 Å². The van der Waals surface area contributed by atoms with Crippen LogP contribution in [0.15, 0.2) is 0 Å². The summed E-state index contributed by atoms with van der Waals surface area (Å²) in [4.78, 5) is 37.7. The van der Waals surface area contributed by atoms with Gasteiger partial charge >= 0.3 is 17.9 Å². The van der Waals surface area contributed by atoms with Crippen molar-refractivity contribution in [2.24, 2.45) is 17.8 Å². The van der Waals surface area contributed by atoms with Crippen LogP contribution in [0.3, 0.4) is 0 Å². The Morgan fingerprint density at radius 2 is 0.636 bits per heavy atom. The molecule has 0 saturated carbocycles. The maximum atomic E-state index is 12.7. The molecule has 0 aliphatic heterocycles. The molecule has 0 saturated heterocycles. The third-order valence-electron chi connectivity index (χ3n) is 11.3. The molecular weight excluding hydrogens is 685 g/mol. The summed E-state index contributed by atoms with van der Waals surface area (Å²) >= 11 is 0. The van der Waals surface area contributed by atoms with Crippen molar-refractivity contribution < 1.29 is 28.6 Å². The van der Waals surface area contributed by atoms with Gasteiger partial charge in [0.25, 0.3) is 0 Å². The Morgan fingerprint density at radius 1 is 0.364 bits per heavy atom. The normalized spacial score (nSPS) is 12.7. The van der Waals surface area contributed by atoms with E-state index in [1.54, 1.807) is 0 Å². The first-order valence-electron chi connectivity index (χ1n) is 24.1. The molecule has 0 amide bonds. The molecular formula is C49H94O6. The van der Waals surface area contributed by atoms with Crippen LogP contribution in [0.4, 0.5) is 0 Å². The molecule has 0 radical (unpaired) electrons. The van der Waals surface area contributed by atoms with Crippen LogP contribution < -0.4 is 0 Å². The number of carbonyl (C=O) groups is 3. The Bertz CT molecular complexity index is 854. The second-order valence-corrected chi connectivity index (χ2v) is 17.9. The summed E-state index contributed by atoms with van der Waals surface area (Å²) in [7, 11) is 0. The first-order valence-corrected chi connectivity index (χ1v) is 24.1. The zero-order valence-corrected chi connectivity index (χ0v) is 37.7. The fourth-order valence-electron chi connectivity index (χ4n) is 7.20. The predicted molar refractivity (Wildman–Crippen MR) is 233 cm³/mol. The minimum Gasteiger partial charge on any atom is -0.462 e. The van der Waals surface area contributed by atoms with E-state index < -0.39 is 6.10 Å². The van der Waals surface area contributed by atoms with Crippen LogP contribution in [-0.2, 0) is 28.6 Å². The lowest BCUT2D eigenvalue weighted by molar-refractivity contribution is -0.167. The van der Waals surface area contributed by atoms with Crippen molar-refractivity contribution in [1.82, 2.24) is 0 Å². The van der Waals surface area contributed by atoms with Crippen LogP contribution in [0.2, 0.25) is 0 Å². The molecule has 326 valence electrons. The van der Waals surface area contributed by atoms with Crippen molar-refractivity contribution in [3.63, 3.8) is 0 Å². The van der Waals surface area contributed by atoms with Gasteiger partial charge in [-0.3, -0.25) is 14.4 Å². The second-order valence-electron chi connectivity index (χ2n) is 17.9. The molecule has 2 atom stereocenters. The van der Waals surface area contributed by atoms with Crippen LogP contribution in [0.1, 0.15) is 260 Å². The highest BCUT2D eigenvalue weighted by atomic mass is 16.6. The minimum atomic E-state index is -0.762. The van der Waals surface area contributed by atoms with Crippen LogP contribution in [0.25, 0.3) is 0 Å². The molecule has 1 unspecified atom stereocenters. The Labute approximate surface area is 342 Å². The van der Waals surface area contributed by atoms with Crippen molar-refractivity contribution in [3.05, 3.63) is 0 Å². The third-order valence-corrected chi connectivity index (χ3v) is 11.3. The first kappa shape index (κ1) is 53.4. The molecule has 0 spiro atoms. The molecule has 0 aliphatic carbocycles.